The Morgan fingerprint density at radius 1 is 1.26 bits per heavy atom. The van der Waals surface area contributed by atoms with E-state index in [-0.39, 0.29) is 12.1 Å². The number of carbonyl (C=O) groups excluding carboxylic acids is 1. The molecule has 1 aromatic carbocycles. The number of carbonyl (C=O) groups is 1. The highest BCUT2D eigenvalue weighted by Crippen LogP contribution is 2.25. The molecular weight excluding hydrogens is 344 g/mol. The van der Waals surface area contributed by atoms with Gasteiger partial charge in [-0.25, -0.2) is 14.8 Å². The number of urea groups is 1. The lowest BCUT2D eigenvalue weighted by atomic mass is 10.1. The van der Waals surface area contributed by atoms with E-state index in [0.717, 1.165) is 22.6 Å². The van der Waals surface area contributed by atoms with Gasteiger partial charge < -0.3 is 20.6 Å². The number of piperidine rings is 1. The lowest BCUT2D eigenvalue weighted by molar-refractivity contribution is 0.0972. The molecule has 4 rings (SSSR count). The van der Waals surface area contributed by atoms with Crippen LogP contribution in [0.4, 0.5) is 16.3 Å². The lowest BCUT2D eigenvalue weighted by Gasteiger charge is -2.29. The average Bonchev–Trinajstić information content (AvgIpc) is 3.13. The van der Waals surface area contributed by atoms with E-state index >= 15 is 0 Å². The molecule has 0 atom stereocenters. The minimum Gasteiger partial charge on any atom is -0.393 e. The number of nitrogens with one attached hydrogen (secondary N) is 2. The van der Waals surface area contributed by atoms with Crippen LogP contribution in [0, 0.1) is 0 Å². The quantitative estimate of drug-likeness (QED) is 0.662. The summed E-state index contributed by atoms with van der Waals surface area (Å²) in [5, 5.41) is 15.6. The maximum absolute atomic E-state index is 12.5. The number of nitrogens with zero attached hydrogens (tertiary/aromatic N) is 4. The van der Waals surface area contributed by atoms with Crippen molar-refractivity contribution in [3.05, 3.63) is 42.9 Å². The first-order valence-electron chi connectivity index (χ1n) is 9.00. The molecule has 0 saturated carbocycles. The van der Waals surface area contributed by atoms with Gasteiger partial charge in [0, 0.05) is 43.8 Å². The summed E-state index contributed by atoms with van der Waals surface area (Å²) in [5.74, 6) is 0.709. The lowest BCUT2D eigenvalue weighted by Crippen LogP contribution is -2.42. The molecular formula is C19H22N6O2. The Kier molecular flexibility index (Phi) is 4.64. The smallest absolute Gasteiger partial charge is 0.321 e. The molecule has 0 spiro atoms. The molecule has 3 N–H and O–H groups in total. The van der Waals surface area contributed by atoms with Crippen molar-refractivity contribution in [3.8, 4) is 11.3 Å². The van der Waals surface area contributed by atoms with E-state index < -0.39 is 0 Å². The number of anilines is 2. The summed E-state index contributed by atoms with van der Waals surface area (Å²) >= 11 is 0. The maximum Gasteiger partial charge on any atom is 0.321 e. The van der Waals surface area contributed by atoms with Crippen molar-refractivity contribution in [2.24, 2.45) is 0 Å². The maximum atomic E-state index is 12.5. The van der Waals surface area contributed by atoms with E-state index in [1.165, 1.54) is 0 Å². The Morgan fingerprint density at radius 2 is 2.07 bits per heavy atom. The Bertz CT molecular complexity index is 962. The summed E-state index contributed by atoms with van der Waals surface area (Å²) in [4.78, 5) is 22.9. The zero-order valence-electron chi connectivity index (χ0n) is 15.1. The van der Waals surface area contributed by atoms with Crippen molar-refractivity contribution in [3.63, 3.8) is 0 Å². The fourth-order valence-electron chi connectivity index (χ4n) is 3.34. The minimum absolute atomic E-state index is 0.140. The van der Waals surface area contributed by atoms with Crippen LogP contribution in [0.2, 0.25) is 0 Å². The average molecular weight is 366 g/mol. The first kappa shape index (κ1) is 17.3. The van der Waals surface area contributed by atoms with Gasteiger partial charge in [-0.05, 0) is 25.0 Å². The van der Waals surface area contributed by atoms with Crippen LogP contribution in [0.25, 0.3) is 16.9 Å². The van der Waals surface area contributed by atoms with Gasteiger partial charge in [0.1, 0.15) is 0 Å². The monoisotopic (exact) mass is 366 g/mol. The molecule has 0 bridgehead atoms. The molecule has 27 heavy (non-hydrogen) atoms. The van der Waals surface area contributed by atoms with E-state index in [0.29, 0.717) is 31.7 Å². The van der Waals surface area contributed by atoms with Gasteiger partial charge in [0.05, 0.1) is 18.0 Å². The van der Waals surface area contributed by atoms with E-state index in [4.69, 9.17) is 0 Å². The van der Waals surface area contributed by atoms with E-state index in [1.807, 2.05) is 41.9 Å². The van der Waals surface area contributed by atoms with Crippen LogP contribution in [-0.4, -0.2) is 56.6 Å². The summed E-state index contributed by atoms with van der Waals surface area (Å²) in [5.41, 5.74) is 3.33. The van der Waals surface area contributed by atoms with Crippen molar-refractivity contribution < 1.29 is 9.90 Å². The van der Waals surface area contributed by atoms with Gasteiger partial charge >= 0.3 is 6.03 Å². The van der Waals surface area contributed by atoms with Crippen LogP contribution >= 0.6 is 0 Å². The van der Waals surface area contributed by atoms with Crippen molar-refractivity contribution in [2.45, 2.75) is 18.9 Å². The standard InChI is InChI=1S/C19H22N6O2/c1-20-17-18-22-12-16(25(18)10-7-21-17)13-3-2-4-14(11-13)23-19(27)24-8-5-15(26)6-9-24/h2-4,7,10-12,15,26H,5-6,8-9H2,1H3,(H,20,21)(H,23,27). The molecule has 1 aliphatic rings. The van der Waals surface area contributed by atoms with Crippen LogP contribution in [0.15, 0.2) is 42.9 Å². The second-order valence-electron chi connectivity index (χ2n) is 6.59. The number of benzene rings is 1. The summed E-state index contributed by atoms with van der Waals surface area (Å²) in [7, 11) is 1.81. The molecule has 1 aliphatic heterocycles. The normalized spacial score (nSPS) is 15.1. The number of hydrogen-bond donors (Lipinski definition) is 3. The summed E-state index contributed by atoms with van der Waals surface area (Å²) in [6.07, 6.45) is 6.33. The molecule has 2 aromatic heterocycles. The number of aliphatic hydroxyl groups is 1. The molecule has 1 saturated heterocycles. The van der Waals surface area contributed by atoms with Crippen molar-refractivity contribution >= 4 is 23.2 Å². The second-order valence-corrected chi connectivity index (χ2v) is 6.59. The SMILES string of the molecule is CNc1nccn2c(-c3cccc(NC(=O)N4CCC(O)CC4)c3)cnc12. The first-order valence-corrected chi connectivity index (χ1v) is 9.00. The van der Waals surface area contributed by atoms with E-state index in [9.17, 15) is 9.90 Å². The highest BCUT2D eigenvalue weighted by atomic mass is 16.3. The first-order chi connectivity index (χ1) is 13.2. The van der Waals surface area contributed by atoms with Crippen LogP contribution in [-0.2, 0) is 0 Å². The number of aromatic nitrogens is 3. The van der Waals surface area contributed by atoms with E-state index in [1.54, 1.807) is 17.3 Å². The van der Waals surface area contributed by atoms with Crippen molar-refractivity contribution in [1.29, 1.82) is 0 Å². The van der Waals surface area contributed by atoms with Gasteiger partial charge in [-0.15, -0.1) is 0 Å². The van der Waals surface area contributed by atoms with Crippen molar-refractivity contribution in [2.75, 3.05) is 30.8 Å². The zero-order valence-corrected chi connectivity index (χ0v) is 15.1. The second kappa shape index (κ2) is 7.24. The molecule has 8 heteroatoms. The highest BCUT2D eigenvalue weighted by molar-refractivity contribution is 5.90. The predicted octanol–water partition coefficient (Wildman–Crippen LogP) is 2.43. The molecule has 140 valence electrons. The van der Waals surface area contributed by atoms with Gasteiger partial charge in [-0.3, -0.25) is 4.40 Å². The molecule has 2 amide bonds. The Hall–Kier alpha value is -3.13. The summed E-state index contributed by atoms with van der Waals surface area (Å²) in [6.45, 7) is 1.14. The van der Waals surface area contributed by atoms with Gasteiger partial charge in [0.15, 0.2) is 11.5 Å². The van der Waals surface area contributed by atoms with Crippen LogP contribution in [0.1, 0.15) is 12.8 Å². The number of amides is 2. The molecule has 0 radical (unpaired) electrons. The fraction of sp³-hybridized carbons (Fsp3) is 0.316. The molecule has 3 aromatic rings. The topological polar surface area (TPSA) is 94.8 Å². The third kappa shape index (κ3) is 3.43. The predicted molar refractivity (Wildman–Crippen MR) is 104 cm³/mol. The zero-order chi connectivity index (χ0) is 18.8. The van der Waals surface area contributed by atoms with Gasteiger partial charge in [0.2, 0.25) is 0 Å². The molecule has 8 nitrogen and oxygen atoms in total. The Labute approximate surface area is 156 Å². The number of rotatable bonds is 3. The van der Waals surface area contributed by atoms with Crippen LogP contribution < -0.4 is 10.6 Å². The molecule has 0 aliphatic carbocycles. The van der Waals surface area contributed by atoms with Gasteiger partial charge in [-0.2, -0.15) is 0 Å². The third-order valence-corrected chi connectivity index (χ3v) is 4.83. The Morgan fingerprint density at radius 3 is 2.85 bits per heavy atom. The summed E-state index contributed by atoms with van der Waals surface area (Å²) < 4.78 is 1.96. The largest absolute Gasteiger partial charge is 0.393 e. The Balaban J connectivity index is 1.57. The number of hydrogen-bond acceptors (Lipinski definition) is 5. The number of imidazole rings is 1. The number of aliphatic hydroxyl groups excluding tert-OH is 1. The molecule has 0 unspecified atom stereocenters. The number of fused-ring (bicyclic) bond motifs is 1. The minimum atomic E-state index is -0.301. The fourth-order valence-corrected chi connectivity index (χ4v) is 3.34. The number of likely N-dealkylation sites (tertiary alicyclic amines) is 1. The van der Waals surface area contributed by atoms with Crippen molar-refractivity contribution in [1.82, 2.24) is 19.3 Å². The molecule has 3 heterocycles. The van der Waals surface area contributed by atoms with Gasteiger partial charge in [0.25, 0.3) is 0 Å². The van der Waals surface area contributed by atoms with Gasteiger partial charge in [-0.1, -0.05) is 12.1 Å². The highest BCUT2D eigenvalue weighted by Gasteiger charge is 2.21. The summed E-state index contributed by atoms with van der Waals surface area (Å²) in [6, 6.07) is 7.54. The van der Waals surface area contributed by atoms with Crippen LogP contribution in [0.5, 0.6) is 0 Å². The molecule has 1 fully saturated rings. The third-order valence-electron chi connectivity index (χ3n) is 4.83. The van der Waals surface area contributed by atoms with E-state index in [2.05, 4.69) is 20.6 Å². The van der Waals surface area contributed by atoms with Crippen LogP contribution in [0.3, 0.4) is 0 Å².